The van der Waals surface area contributed by atoms with Crippen molar-refractivity contribution in [2.75, 3.05) is 0 Å². The summed E-state index contributed by atoms with van der Waals surface area (Å²) in [4.78, 5) is 11.9. The summed E-state index contributed by atoms with van der Waals surface area (Å²) in [5.74, 6) is 0.0897. The molecule has 0 aromatic carbocycles. The lowest BCUT2D eigenvalue weighted by Gasteiger charge is -2.35. The van der Waals surface area contributed by atoms with E-state index < -0.39 is 0 Å². The summed E-state index contributed by atoms with van der Waals surface area (Å²) >= 11 is 0. The monoisotopic (exact) mass is 208 g/mol. The van der Waals surface area contributed by atoms with Crippen molar-refractivity contribution in [3.63, 3.8) is 0 Å². The molecule has 1 aliphatic rings. The molecule has 0 fully saturated rings. The standard InChI is InChI=1S/C13H20O2/c1-5-6-11(15)12-9(2)7-10(14)8-13(12,3)4/h5-6,10,14H,7-8H2,1-4H3/b6-5-/t10-/m1/s1. The largest absolute Gasteiger partial charge is 0.393 e. The average molecular weight is 208 g/mol. The molecule has 0 bridgehead atoms. The summed E-state index contributed by atoms with van der Waals surface area (Å²) in [5, 5.41) is 9.68. The molecule has 0 aromatic rings. The number of hydrogen-bond donors (Lipinski definition) is 1. The molecule has 15 heavy (non-hydrogen) atoms. The third-order valence-corrected chi connectivity index (χ3v) is 2.96. The van der Waals surface area contributed by atoms with Gasteiger partial charge in [-0.3, -0.25) is 4.79 Å². The van der Waals surface area contributed by atoms with Gasteiger partial charge in [-0.25, -0.2) is 0 Å². The third kappa shape index (κ3) is 2.57. The molecule has 1 aliphatic carbocycles. The van der Waals surface area contributed by atoms with Gasteiger partial charge in [-0.15, -0.1) is 0 Å². The molecule has 0 amide bonds. The first-order chi connectivity index (χ1) is 6.88. The molecule has 1 atom stereocenters. The van der Waals surface area contributed by atoms with Crippen LogP contribution in [0.3, 0.4) is 0 Å². The number of carbonyl (C=O) groups is 1. The number of allylic oxidation sites excluding steroid dienone is 3. The highest BCUT2D eigenvalue weighted by atomic mass is 16.3. The Morgan fingerprint density at radius 3 is 2.60 bits per heavy atom. The molecule has 0 saturated carbocycles. The predicted octanol–water partition coefficient (Wildman–Crippen LogP) is 2.63. The smallest absolute Gasteiger partial charge is 0.181 e. The Hall–Kier alpha value is -0.890. The van der Waals surface area contributed by atoms with Gasteiger partial charge in [0, 0.05) is 5.57 Å². The van der Waals surface area contributed by atoms with Crippen LogP contribution in [-0.4, -0.2) is 17.0 Å². The van der Waals surface area contributed by atoms with Crippen LogP contribution in [0.1, 0.15) is 40.5 Å². The number of hydrogen-bond acceptors (Lipinski definition) is 2. The minimum absolute atomic E-state index is 0.0897. The summed E-state index contributed by atoms with van der Waals surface area (Å²) in [7, 11) is 0. The van der Waals surface area contributed by atoms with E-state index in [4.69, 9.17) is 0 Å². The maximum atomic E-state index is 11.9. The minimum Gasteiger partial charge on any atom is -0.393 e. The lowest BCUT2D eigenvalue weighted by Crippen LogP contribution is -2.32. The van der Waals surface area contributed by atoms with Crippen molar-refractivity contribution in [2.45, 2.75) is 46.6 Å². The molecule has 0 heterocycles. The van der Waals surface area contributed by atoms with Crippen molar-refractivity contribution in [3.05, 3.63) is 23.3 Å². The van der Waals surface area contributed by atoms with Crippen LogP contribution in [0.5, 0.6) is 0 Å². The Balaban J connectivity index is 3.11. The van der Waals surface area contributed by atoms with Gasteiger partial charge in [-0.2, -0.15) is 0 Å². The molecular weight excluding hydrogens is 188 g/mol. The van der Waals surface area contributed by atoms with Crippen molar-refractivity contribution in [2.24, 2.45) is 5.41 Å². The first kappa shape index (κ1) is 12.2. The number of rotatable bonds is 2. The molecule has 84 valence electrons. The Bertz CT molecular complexity index is 321. The fourth-order valence-corrected chi connectivity index (χ4v) is 2.57. The average Bonchev–Trinajstić information content (AvgIpc) is 1.99. The molecule has 0 spiro atoms. The third-order valence-electron chi connectivity index (χ3n) is 2.96. The second kappa shape index (κ2) is 4.31. The van der Waals surface area contributed by atoms with Gasteiger partial charge in [-0.1, -0.05) is 25.5 Å². The highest BCUT2D eigenvalue weighted by Gasteiger charge is 2.35. The van der Waals surface area contributed by atoms with E-state index in [1.165, 1.54) is 0 Å². The SMILES string of the molecule is C/C=C\C(=O)C1=C(C)C[C@@H](O)CC1(C)C. The van der Waals surface area contributed by atoms with Crippen LogP contribution in [0, 0.1) is 5.41 Å². The lowest BCUT2D eigenvalue weighted by atomic mass is 9.70. The number of carbonyl (C=O) groups excluding carboxylic acids is 1. The van der Waals surface area contributed by atoms with Crippen molar-refractivity contribution < 1.29 is 9.90 Å². The van der Waals surface area contributed by atoms with Crippen molar-refractivity contribution in [1.29, 1.82) is 0 Å². The lowest BCUT2D eigenvalue weighted by molar-refractivity contribution is -0.112. The molecular formula is C13H20O2. The molecule has 0 radical (unpaired) electrons. The van der Waals surface area contributed by atoms with Crippen LogP contribution in [0.4, 0.5) is 0 Å². The number of ketones is 1. The van der Waals surface area contributed by atoms with Crippen LogP contribution in [-0.2, 0) is 4.79 Å². The fourth-order valence-electron chi connectivity index (χ4n) is 2.57. The van der Waals surface area contributed by atoms with E-state index in [-0.39, 0.29) is 17.3 Å². The van der Waals surface area contributed by atoms with Gasteiger partial charge in [0.05, 0.1) is 6.10 Å². The maximum Gasteiger partial charge on any atom is 0.181 e. The minimum atomic E-state index is -0.304. The quantitative estimate of drug-likeness (QED) is 0.708. The van der Waals surface area contributed by atoms with E-state index in [1.807, 2.05) is 27.7 Å². The first-order valence-corrected chi connectivity index (χ1v) is 5.44. The summed E-state index contributed by atoms with van der Waals surface area (Å²) in [6, 6.07) is 0. The predicted molar refractivity (Wildman–Crippen MR) is 61.5 cm³/mol. The van der Waals surface area contributed by atoms with E-state index in [2.05, 4.69) is 0 Å². The molecule has 1 N–H and O–H groups in total. The van der Waals surface area contributed by atoms with Gasteiger partial charge in [0.15, 0.2) is 5.78 Å². The van der Waals surface area contributed by atoms with Crippen LogP contribution < -0.4 is 0 Å². The topological polar surface area (TPSA) is 37.3 Å². The Morgan fingerprint density at radius 2 is 2.13 bits per heavy atom. The maximum absolute atomic E-state index is 11.9. The van der Waals surface area contributed by atoms with E-state index in [0.29, 0.717) is 12.8 Å². The van der Waals surface area contributed by atoms with E-state index >= 15 is 0 Å². The summed E-state index contributed by atoms with van der Waals surface area (Å²) in [6.07, 6.45) is 4.37. The normalized spacial score (nSPS) is 26.1. The summed E-state index contributed by atoms with van der Waals surface area (Å²) in [6.45, 7) is 7.84. The van der Waals surface area contributed by atoms with Crippen molar-refractivity contribution in [3.8, 4) is 0 Å². The van der Waals surface area contributed by atoms with Gasteiger partial charge in [0.25, 0.3) is 0 Å². The Morgan fingerprint density at radius 1 is 1.53 bits per heavy atom. The zero-order chi connectivity index (χ0) is 11.6. The zero-order valence-corrected chi connectivity index (χ0v) is 10.0. The first-order valence-electron chi connectivity index (χ1n) is 5.44. The zero-order valence-electron chi connectivity index (χ0n) is 10.0. The second-order valence-corrected chi connectivity index (χ2v) is 4.97. The van der Waals surface area contributed by atoms with Crippen LogP contribution >= 0.6 is 0 Å². The van der Waals surface area contributed by atoms with Gasteiger partial charge >= 0.3 is 0 Å². The van der Waals surface area contributed by atoms with Crippen LogP contribution in [0.2, 0.25) is 0 Å². The summed E-state index contributed by atoms with van der Waals surface area (Å²) in [5.41, 5.74) is 1.70. The van der Waals surface area contributed by atoms with E-state index in [0.717, 1.165) is 11.1 Å². The van der Waals surface area contributed by atoms with Crippen LogP contribution in [0.15, 0.2) is 23.3 Å². The molecule has 0 saturated heterocycles. The molecule has 2 nitrogen and oxygen atoms in total. The van der Waals surface area contributed by atoms with Gasteiger partial charge in [0.2, 0.25) is 0 Å². The van der Waals surface area contributed by atoms with Crippen molar-refractivity contribution in [1.82, 2.24) is 0 Å². The Kier molecular flexibility index (Phi) is 3.50. The highest BCUT2D eigenvalue weighted by molar-refractivity contribution is 6.05. The van der Waals surface area contributed by atoms with Gasteiger partial charge < -0.3 is 5.11 Å². The second-order valence-electron chi connectivity index (χ2n) is 4.97. The van der Waals surface area contributed by atoms with Gasteiger partial charge in [0.1, 0.15) is 0 Å². The molecule has 1 rings (SSSR count). The molecule has 0 aliphatic heterocycles. The fraction of sp³-hybridized carbons (Fsp3) is 0.615. The molecule has 0 unspecified atom stereocenters. The number of aliphatic hydroxyl groups is 1. The van der Waals surface area contributed by atoms with E-state index in [9.17, 15) is 9.90 Å². The summed E-state index contributed by atoms with van der Waals surface area (Å²) < 4.78 is 0. The highest BCUT2D eigenvalue weighted by Crippen LogP contribution is 2.40. The number of aliphatic hydroxyl groups excluding tert-OH is 1. The van der Waals surface area contributed by atoms with Crippen molar-refractivity contribution >= 4 is 5.78 Å². The van der Waals surface area contributed by atoms with E-state index in [1.54, 1.807) is 12.2 Å². The molecule has 2 heteroatoms. The van der Waals surface area contributed by atoms with Crippen LogP contribution in [0.25, 0.3) is 0 Å². The molecule has 0 aromatic heterocycles. The van der Waals surface area contributed by atoms with Gasteiger partial charge in [-0.05, 0) is 38.2 Å². The Labute approximate surface area is 91.7 Å².